The lowest BCUT2D eigenvalue weighted by molar-refractivity contribution is -0.123. The van der Waals surface area contributed by atoms with E-state index in [4.69, 9.17) is 16.7 Å². The number of fused-ring (bicyclic) bond motifs is 1. The number of aliphatic hydroxyl groups is 1. The number of aryl methyl sites for hydroxylation is 1. The fourth-order valence-electron chi connectivity index (χ4n) is 4.53. The number of ketones is 1. The van der Waals surface area contributed by atoms with Crippen LogP contribution in [0.5, 0.6) is 0 Å². The van der Waals surface area contributed by atoms with Crippen molar-refractivity contribution >= 4 is 22.9 Å². The van der Waals surface area contributed by atoms with Gasteiger partial charge in [-0.3, -0.25) is 4.79 Å². The van der Waals surface area contributed by atoms with Crippen molar-refractivity contribution in [2.45, 2.75) is 82.1 Å². The Morgan fingerprint density at radius 3 is 2.77 bits per heavy atom. The number of nitrogens with zero attached hydrogens (tertiary/aromatic N) is 2. The number of Topliss-reactive ketones (excluding diaryl/α,β-unsaturated/α-hetero) is 1. The average Bonchev–Trinajstić information content (AvgIpc) is 3.11. The van der Waals surface area contributed by atoms with E-state index in [-0.39, 0.29) is 5.78 Å². The zero-order valence-corrected chi connectivity index (χ0v) is 16.0. The third-order valence-corrected chi connectivity index (χ3v) is 6.39. The lowest BCUT2D eigenvalue weighted by atomic mass is 9.79. The molecule has 0 aromatic carbocycles. The molecule has 1 N–H and O–H groups in total. The highest BCUT2D eigenvalue weighted by Crippen LogP contribution is 2.41. The highest BCUT2D eigenvalue weighted by atomic mass is 35.5. The summed E-state index contributed by atoms with van der Waals surface area (Å²) in [4.78, 5) is 12.3. The molecule has 140 valence electrons. The predicted octanol–water partition coefficient (Wildman–Crippen LogP) is 4.84. The van der Waals surface area contributed by atoms with Gasteiger partial charge in [-0.25, -0.2) is 4.52 Å². The molecule has 0 radical (unpaired) electrons. The van der Waals surface area contributed by atoms with Gasteiger partial charge in [0.2, 0.25) is 0 Å². The molecule has 0 saturated heterocycles. The van der Waals surface area contributed by atoms with Crippen LogP contribution in [-0.2, 0) is 11.2 Å². The van der Waals surface area contributed by atoms with Crippen molar-refractivity contribution in [3.8, 4) is 0 Å². The van der Waals surface area contributed by atoms with Crippen LogP contribution in [0.4, 0.5) is 0 Å². The van der Waals surface area contributed by atoms with Crippen molar-refractivity contribution in [1.29, 1.82) is 0 Å². The monoisotopic (exact) mass is 374 g/mol. The Hall–Kier alpha value is -1.39. The first-order valence-electron chi connectivity index (χ1n) is 9.95. The van der Waals surface area contributed by atoms with Gasteiger partial charge in [-0.1, -0.05) is 30.9 Å². The van der Waals surface area contributed by atoms with E-state index in [0.29, 0.717) is 18.8 Å². The maximum absolute atomic E-state index is 12.3. The Morgan fingerprint density at radius 1 is 1.31 bits per heavy atom. The average molecular weight is 375 g/mol. The van der Waals surface area contributed by atoms with Gasteiger partial charge in [-0.2, -0.15) is 5.10 Å². The number of hydrogen-bond donors (Lipinski definition) is 1. The summed E-state index contributed by atoms with van der Waals surface area (Å²) in [6.07, 6.45) is 11.7. The Kier molecular flexibility index (Phi) is 5.07. The molecule has 2 aliphatic carbocycles. The molecular weight excluding hydrogens is 348 g/mol. The minimum atomic E-state index is -0.728. The predicted molar refractivity (Wildman–Crippen MR) is 103 cm³/mol. The molecule has 2 heterocycles. The maximum Gasteiger partial charge on any atom is 0.135 e. The van der Waals surface area contributed by atoms with Crippen molar-refractivity contribution in [2.24, 2.45) is 0 Å². The Balaban J connectivity index is 1.43. The van der Waals surface area contributed by atoms with E-state index in [0.717, 1.165) is 54.8 Å². The van der Waals surface area contributed by atoms with Gasteiger partial charge in [0.05, 0.1) is 16.8 Å². The maximum atomic E-state index is 12.3. The number of pyridine rings is 1. The lowest BCUT2D eigenvalue weighted by Crippen LogP contribution is -2.27. The van der Waals surface area contributed by atoms with Crippen LogP contribution < -0.4 is 0 Å². The van der Waals surface area contributed by atoms with Gasteiger partial charge in [-0.15, -0.1) is 0 Å². The fourth-order valence-corrected chi connectivity index (χ4v) is 4.69. The summed E-state index contributed by atoms with van der Waals surface area (Å²) < 4.78 is 1.93. The third-order valence-electron chi connectivity index (χ3n) is 6.15. The molecule has 2 saturated carbocycles. The molecule has 2 aromatic heterocycles. The van der Waals surface area contributed by atoms with Gasteiger partial charge in [0.25, 0.3) is 0 Å². The van der Waals surface area contributed by atoms with Gasteiger partial charge in [0, 0.05) is 29.6 Å². The second-order valence-electron chi connectivity index (χ2n) is 8.16. The van der Waals surface area contributed by atoms with Gasteiger partial charge >= 0.3 is 0 Å². The van der Waals surface area contributed by atoms with E-state index in [2.05, 4.69) is 0 Å². The summed E-state index contributed by atoms with van der Waals surface area (Å²) in [7, 11) is 0. The van der Waals surface area contributed by atoms with Crippen molar-refractivity contribution in [3.05, 3.63) is 34.6 Å². The van der Waals surface area contributed by atoms with Gasteiger partial charge in [0.15, 0.2) is 0 Å². The topological polar surface area (TPSA) is 54.6 Å². The summed E-state index contributed by atoms with van der Waals surface area (Å²) >= 11 is 6.20. The van der Waals surface area contributed by atoms with Crippen LogP contribution in [0.25, 0.3) is 5.52 Å². The third kappa shape index (κ3) is 3.67. The van der Waals surface area contributed by atoms with E-state index < -0.39 is 5.60 Å². The van der Waals surface area contributed by atoms with E-state index in [1.165, 1.54) is 24.8 Å². The molecular formula is C21H27ClN2O2. The van der Waals surface area contributed by atoms with Crippen LogP contribution in [0, 0.1) is 0 Å². The van der Waals surface area contributed by atoms with Crippen LogP contribution in [0.15, 0.2) is 18.3 Å². The Labute approximate surface area is 159 Å². The van der Waals surface area contributed by atoms with Crippen molar-refractivity contribution in [2.75, 3.05) is 0 Å². The van der Waals surface area contributed by atoms with E-state index in [1.807, 2.05) is 22.8 Å². The van der Waals surface area contributed by atoms with Crippen LogP contribution in [-0.4, -0.2) is 26.1 Å². The van der Waals surface area contributed by atoms with Crippen molar-refractivity contribution in [1.82, 2.24) is 9.61 Å². The zero-order valence-electron chi connectivity index (χ0n) is 15.2. The molecule has 0 spiro atoms. The zero-order chi connectivity index (χ0) is 18.1. The molecule has 0 aliphatic heterocycles. The molecule has 5 heteroatoms. The van der Waals surface area contributed by atoms with Crippen molar-refractivity contribution in [3.63, 3.8) is 0 Å². The molecule has 0 unspecified atom stereocenters. The summed E-state index contributed by atoms with van der Waals surface area (Å²) in [6.45, 7) is 0. The molecule has 2 aromatic rings. The smallest absolute Gasteiger partial charge is 0.135 e. The highest BCUT2D eigenvalue weighted by molar-refractivity contribution is 6.30. The second-order valence-corrected chi connectivity index (χ2v) is 8.60. The molecule has 2 aliphatic rings. The summed E-state index contributed by atoms with van der Waals surface area (Å²) in [5, 5.41) is 15.9. The van der Waals surface area contributed by atoms with Crippen LogP contribution in [0.2, 0.25) is 5.02 Å². The minimum absolute atomic E-state index is 0.186. The second kappa shape index (κ2) is 7.32. The number of carbonyl (C=O) groups is 1. The highest BCUT2D eigenvalue weighted by Gasteiger charge is 2.33. The number of carbonyl (C=O) groups excluding carboxylic acids is 1. The molecule has 0 atom stereocenters. The molecule has 2 fully saturated rings. The summed E-state index contributed by atoms with van der Waals surface area (Å²) in [5.74, 6) is 0.766. The van der Waals surface area contributed by atoms with Gasteiger partial charge in [0.1, 0.15) is 5.78 Å². The number of hydrogen-bond acceptors (Lipinski definition) is 3. The normalized spacial score (nSPS) is 19.8. The quantitative estimate of drug-likeness (QED) is 0.754. The largest absolute Gasteiger partial charge is 0.389 e. The lowest BCUT2D eigenvalue weighted by Gasteiger charge is -2.26. The van der Waals surface area contributed by atoms with E-state index >= 15 is 0 Å². The standard InChI is InChI=1S/C21H27ClN2O2/c22-16-9-12-24-19(13-16)20(15-5-3-6-15)18(23-24)8-4-7-17(25)14-21(26)10-1-2-11-21/h9,12-13,15,26H,1-8,10-11,14H2. The number of aromatic nitrogens is 2. The Bertz CT molecular complexity index is 804. The van der Waals surface area contributed by atoms with Crippen LogP contribution >= 0.6 is 11.6 Å². The van der Waals surface area contributed by atoms with Gasteiger partial charge < -0.3 is 5.11 Å². The molecule has 26 heavy (non-hydrogen) atoms. The first-order valence-corrected chi connectivity index (χ1v) is 10.3. The first-order chi connectivity index (χ1) is 12.5. The van der Waals surface area contributed by atoms with E-state index in [9.17, 15) is 9.90 Å². The summed E-state index contributed by atoms with van der Waals surface area (Å²) in [5.41, 5.74) is 2.84. The van der Waals surface area contributed by atoms with Crippen LogP contribution in [0.3, 0.4) is 0 Å². The minimum Gasteiger partial charge on any atom is -0.389 e. The van der Waals surface area contributed by atoms with E-state index in [1.54, 1.807) is 0 Å². The fraction of sp³-hybridized carbons (Fsp3) is 0.619. The Morgan fingerprint density at radius 2 is 2.08 bits per heavy atom. The van der Waals surface area contributed by atoms with Crippen molar-refractivity contribution < 1.29 is 9.90 Å². The van der Waals surface area contributed by atoms with Crippen LogP contribution in [0.1, 0.15) is 81.4 Å². The first kappa shape index (κ1) is 18.0. The number of halogens is 1. The van der Waals surface area contributed by atoms with Gasteiger partial charge in [-0.05, 0) is 56.6 Å². The SMILES string of the molecule is O=C(CCCc1nn2ccc(Cl)cc2c1C1CCC1)CC1(O)CCCC1. The molecule has 0 bridgehead atoms. The summed E-state index contributed by atoms with van der Waals surface area (Å²) in [6, 6.07) is 3.87. The number of rotatable bonds is 7. The molecule has 4 nitrogen and oxygen atoms in total. The molecule has 0 amide bonds. The molecule has 4 rings (SSSR count).